The van der Waals surface area contributed by atoms with E-state index < -0.39 is 12.2 Å². The summed E-state index contributed by atoms with van der Waals surface area (Å²) in [5.41, 5.74) is 0.672. The van der Waals surface area contributed by atoms with Gasteiger partial charge in [0, 0.05) is 32.3 Å². The maximum atomic E-state index is 12.3. The predicted octanol–water partition coefficient (Wildman–Crippen LogP) is 2.84. The summed E-state index contributed by atoms with van der Waals surface area (Å²) in [6.45, 7) is 13.4. The first-order valence-electron chi connectivity index (χ1n) is 8.18. The van der Waals surface area contributed by atoms with Gasteiger partial charge >= 0.3 is 12.2 Å². The molecule has 0 N–H and O–H groups in total. The zero-order chi connectivity index (χ0) is 19.7. The topological polar surface area (TPSA) is 76.2 Å². The second kappa shape index (κ2) is 10.7. The highest BCUT2D eigenvalue weighted by molar-refractivity contribution is 8.14. The van der Waals surface area contributed by atoms with E-state index in [2.05, 4.69) is 19.7 Å². The molecule has 0 saturated carbocycles. The molecule has 1 aliphatic rings. The Kier molecular flexibility index (Phi) is 8.98. The van der Waals surface area contributed by atoms with E-state index in [9.17, 15) is 14.4 Å². The number of carbonyl (C=O) groups excluding carboxylic acids is 3. The molecule has 0 aromatic heterocycles. The summed E-state index contributed by atoms with van der Waals surface area (Å²) < 4.78 is 10.1. The van der Waals surface area contributed by atoms with Crippen LogP contribution >= 0.6 is 11.8 Å². The number of thioether (sulfide) groups is 1. The molecule has 0 bridgehead atoms. The molecule has 1 fully saturated rings. The lowest BCUT2D eigenvalue weighted by molar-refractivity contribution is -0.109. The molecule has 0 radical (unpaired) electrons. The van der Waals surface area contributed by atoms with Crippen LogP contribution in [0.5, 0.6) is 0 Å². The van der Waals surface area contributed by atoms with Crippen LogP contribution in [0.1, 0.15) is 13.3 Å². The molecule has 1 aliphatic heterocycles. The van der Waals surface area contributed by atoms with Crippen molar-refractivity contribution in [2.24, 2.45) is 0 Å². The molecule has 1 saturated heterocycles. The summed E-state index contributed by atoms with van der Waals surface area (Å²) in [7, 11) is 1.59. The van der Waals surface area contributed by atoms with Crippen LogP contribution in [0, 0.1) is 0 Å². The van der Waals surface area contributed by atoms with Gasteiger partial charge in [-0.2, -0.15) is 0 Å². The third kappa shape index (κ3) is 6.59. The van der Waals surface area contributed by atoms with Crippen molar-refractivity contribution in [2.75, 3.05) is 33.4 Å². The highest BCUT2D eigenvalue weighted by Crippen LogP contribution is 2.32. The Morgan fingerprint density at radius 1 is 1.23 bits per heavy atom. The Labute approximate surface area is 158 Å². The summed E-state index contributed by atoms with van der Waals surface area (Å²) >= 11 is 1.20. The van der Waals surface area contributed by atoms with Gasteiger partial charge in [-0.1, -0.05) is 43.7 Å². The summed E-state index contributed by atoms with van der Waals surface area (Å²) in [6, 6.07) is -0.321. The molecule has 0 aromatic carbocycles. The van der Waals surface area contributed by atoms with Gasteiger partial charge in [0.1, 0.15) is 13.2 Å². The standard InChI is InChI=1S/C18H26N2O5S/c1-6-8-24-17(22)19(5)11-13(3)16-10-15(26-14(4)21)12-20(16)18(23)25-9-7-2/h6-7,15-16H,1-3,8-12H2,4-5H3/t15-,16-/m0/s1. The molecule has 0 aromatic rings. The lowest BCUT2D eigenvalue weighted by Crippen LogP contribution is -2.40. The Morgan fingerprint density at radius 3 is 2.42 bits per heavy atom. The average molecular weight is 382 g/mol. The van der Waals surface area contributed by atoms with Crippen molar-refractivity contribution in [1.29, 1.82) is 0 Å². The first-order chi connectivity index (χ1) is 12.3. The number of likely N-dealkylation sites (tertiary alicyclic amines) is 1. The second-order valence-corrected chi connectivity index (χ2v) is 7.36. The number of carbonyl (C=O) groups is 3. The minimum absolute atomic E-state index is 0.00853. The van der Waals surface area contributed by atoms with Gasteiger partial charge in [0.05, 0.1) is 6.04 Å². The Morgan fingerprint density at radius 2 is 1.85 bits per heavy atom. The SMILES string of the molecule is C=CCOC(=O)N(C)CC(=C)[C@@H]1C[C@H](SC(C)=O)CN1C(=O)OCC=C. The molecule has 8 heteroatoms. The summed E-state index contributed by atoms with van der Waals surface area (Å²) in [5.74, 6) is 0. The van der Waals surface area contributed by atoms with Gasteiger partial charge in [0.2, 0.25) is 0 Å². The Hall–Kier alpha value is -2.22. The van der Waals surface area contributed by atoms with Crippen LogP contribution in [0.15, 0.2) is 37.5 Å². The van der Waals surface area contributed by atoms with Crippen molar-refractivity contribution in [2.45, 2.75) is 24.6 Å². The molecule has 0 spiro atoms. The van der Waals surface area contributed by atoms with Crippen LogP contribution in [0.3, 0.4) is 0 Å². The van der Waals surface area contributed by atoms with Crippen LogP contribution < -0.4 is 0 Å². The fourth-order valence-corrected chi connectivity index (χ4v) is 3.62. The van der Waals surface area contributed by atoms with E-state index in [1.54, 1.807) is 11.9 Å². The minimum atomic E-state index is -0.500. The molecule has 7 nitrogen and oxygen atoms in total. The third-order valence-corrected chi connectivity index (χ3v) is 4.71. The van der Waals surface area contributed by atoms with Crippen molar-refractivity contribution < 1.29 is 23.9 Å². The van der Waals surface area contributed by atoms with Gasteiger partial charge in [0.15, 0.2) is 5.12 Å². The van der Waals surface area contributed by atoms with E-state index in [-0.39, 0.29) is 36.2 Å². The molecular weight excluding hydrogens is 356 g/mol. The molecular formula is C18H26N2O5S. The number of hydrogen-bond donors (Lipinski definition) is 0. The molecule has 1 heterocycles. The fourth-order valence-electron chi connectivity index (χ4n) is 2.63. The molecule has 26 heavy (non-hydrogen) atoms. The van der Waals surface area contributed by atoms with Crippen LogP contribution in [0.2, 0.25) is 0 Å². The summed E-state index contributed by atoms with van der Waals surface area (Å²) in [5, 5.41) is -0.0469. The van der Waals surface area contributed by atoms with E-state index in [0.29, 0.717) is 18.5 Å². The molecule has 2 amide bonds. The van der Waals surface area contributed by atoms with Crippen LogP contribution in [0.4, 0.5) is 9.59 Å². The van der Waals surface area contributed by atoms with Crippen molar-refractivity contribution in [3.8, 4) is 0 Å². The molecule has 144 valence electrons. The van der Waals surface area contributed by atoms with Crippen molar-refractivity contribution in [3.63, 3.8) is 0 Å². The smallest absolute Gasteiger partial charge is 0.410 e. The van der Waals surface area contributed by atoms with E-state index >= 15 is 0 Å². The lowest BCUT2D eigenvalue weighted by Gasteiger charge is -2.27. The van der Waals surface area contributed by atoms with E-state index in [0.717, 1.165) is 0 Å². The largest absolute Gasteiger partial charge is 0.445 e. The lowest BCUT2D eigenvalue weighted by atomic mass is 10.1. The number of nitrogens with zero attached hydrogens (tertiary/aromatic N) is 2. The zero-order valence-corrected chi connectivity index (χ0v) is 16.1. The van der Waals surface area contributed by atoms with Gasteiger partial charge in [-0.05, 0) is 12.0 Å². The first-order valence-corrected chi connectivity index (χ1v) is 9.06. The average Bonchev–Trinajstić information content (AvgIpc) is 3.00. The van der Waals surface area contributed by atoms with E-state index in [4.69, 9.17) is 9.47 Å². The monoisotopic (exact) mass is 382 g/mol. The molecule has 0 unspecified atom stereocenters. The molecule has 2 atom stereocenters. The summed E-state index contributed by atoms with van der Waals surface area (Å²) in [6.07, 6.45) is 2.56. The summed E-state index contributed by atoms with van der Waals surface area (Å²) in [4.78, 5) is 38.5. The Balaban J connectivity index is 2.78. The molecule has 1 rings (SSSR count). The normalized spacial score (nSPS) is 18.8. The van der Waals surface area contributed by atoms with E-state index in [1.807, 2.05) is 0 Å². The van der Waals surface area contributed by atoms with Crippen LogP contribution in [-0.2, 0) is 14.3 Å². The van der Waals surface area contributed by atoms with Gasteiger partial charge in [-0.3, -0.25) is 4.79 Å². The first kappa shape index (κ1) is 21.8. The number of rotatable bonds is 8. The minimum Gasteiger partial charge on any atom is -0.445 e. The van der Waals surface area contributed by atoms with Gasteiger partial charge in [0.25, 0.3) is 0 Å². The highest BCUT2D eigenvalue weighted by Gasteiger charge is 2.38. The number of hydrogen-bond acceptors (Lipinski definition) is 6. The quantitative estimate of drug-likeness (QED) is 0.601. The van der Waals surface area contributed by atoms with Crippen LogP contribution in [-0.4, -0.2) is 71.7 Å². The number of likely N-dealkylation sites (N-methyl/N-ethyl adjacent to an activating group) is 1. The predicted molar refractivity (Wildman–Crippen MR) is 102 cm³/mol. The van der Waals surface area contributed by atoms with Crippen molar-refractivity contribution >= 4 is 29.1 Å². The van der Waals surface area contributed by atoms with Crippen molar-refractivity contribution in [1.82, 2.24) is 9.80 Å². The van der Waals surface area contributed by atoms with E-state index in [1.165, 1.54) is 35.7 Å². The van der Waals surface area contributed by atoms with Gasteiger partial charge in [-0.15, -0.1) is 0 Å². The maximum Gasteiger partial charge on any atom is 0.410 e. The highest BCUT2D eigenvalue weighted by atomic mass is 32.2. The fraction of sp³-hybridized carbons (Fsp3) is 0.500. The molecule has 0 aliphatic carbocycles. The second-order valence-electron chi connectivity index (χ2n) is 5.88. The number of ether oxygens (including phenoxy) is 2. The maximum absolute atomic E-state index is 12.3. The third-order valence-electron chi connectivity index (χ3n) is 3.70. The van der Waals surface area contributed by atoms with Gasteiger partial charge < -0.3 is 19.3 Å². The van der Waals surface area contributed by atoms with Crippen molar-refractivity contribution in [3.05, 3.63) is 37.5 Å². The van der Waals surface area contributed by atoms with Crippen LogP contribution in [0.25, 0.3) is 0 Å². The van der Waals surface area contributed by atoms with Gasteiger partial charge in [-0.25, -0.2) is 9.59 Å². The zero-order valence-electron chi connectivity index (χ0n) is 15.3. The Bertz CT molecular complexity index is 578. The number of amides is 2.